The zero-order valence-corrected chi connectivity index (χ0v) is 8.34. The minimum atomic E-state index is -0.831. The smallest absolute Gasteiger partial charge is 0.323 e. The van der Waals surface area contributed by atoms with Crippen molar-refractivity contribution in [2.24, 2.45) is 0 Å². The van der Waals surface area contributed by atoms with Gasteiger partial charge in [-0.1, -0.05) is 0 Å². The highest BCUT2D eigenvalue weighted by Gasteiger charge is 2.13. The number of hydrogen-bond acceptors (Lipinski definition) is 3. The van der Waals surface area contributed by atoms with E-state index >= 15 is 0 Å². The molecule has 1 aromatic heterocycles. The summed E-state index contributed by atoms with van der Waals surface area (Å²) < 4.78 is 0. The number of rotatable bonds is 4. The molecule has 0 atom stereocenters. The summed E-state index contributed by atoms with van der Waals surface area (Å²) in [6.45, 7) is 3.91. The van der Waals surface area contributed by atoms with Gasteiger partial charge in [0, 0.05) is 12.2 Å². The van der Waals surface area contributed by atoms with Gasteiger partial charge in [-0.25, -0.2) is 0 Å². The van der Waals surface area contributed by atoms with Crippen LogP contribution in [0.5, 0.6) is 0 Å². The summed E-state index contributed by atoms with van der Waals surface area (Å²) in [6, 6.07) is 3.80. The highest BCUT2D eigenvalue weighted by atomic mass is 16.4. The number of carboxylic acid groups (broad SMARTS) is 1. The van der Waals surface area contributed by atoms with Crippen molar-refractivity contribution in [3.05, 3.63) is 24.5 Å². The van der Waals surface area contributed by atoms with E-state index in [9.17, 15) is 4.79 Å². The van der Waals surface area contributed by atoms with Crippen LogP contribution in [-0.2, 0) is 4.79 Å². The van der Waals surface area contributed by atoms with Gasteiger partial charge in [0.25, 0.3) is 0 Å². The molecule has 0 spiro atoms. The van der Waals surface area contributed by atoms with Gasteiger partial charge in [0.1, 0.15) is 6.54 Å². The van der Waals surface area contributed by atoms with E-state index in [2.05, 4.69) is 4.98 Å². The van der Waals surface area contributed by atoms with E-state index in [1.165, 1.54) is 0 Å². The third-order valence-electron chi connectivity index (χ3n) is 1.91. The van der Waals surface area contributed by atoms with Gasteiger partial charge in [0.15, 0.2) is 0 Å². The number of carboxylic acids is 1. The van der Waals surface area contributed by atoms with Crippen LogP contribution >= 0.6 is 0 Å². The van der Waals surface area contributed by atoms with Crippen molar-refractivity contribution in [1.82, 2.24) is 4.98 Å². The summed E-state index contributed by atoms with van der Waals surface area (Å²) in [5.74, 6) is -0.831. The van der Waals surface area contributed by atoms with Crippen LogP contribution in [0.1, 0.15) is 13.8 Å². The minimum absolute atomic E-state index is 0.00333. The van der Waals surface area contributed by atoms with Gasteiger partial charge >= 0.3 is 5.97 Å². The Balaban J connectivity index is 2.83. The van der Waals surface area contributed by atoms with E-state index in [-0.39, 0.29) is 12.6 Å². The van der Waals surface area contributed by atoms with Crippen molar-refractivity contribution >= 4 is 11.7 Å². The number of hydrogen-bond donors (Lipinski definition) is 1. The summed E-state index contributed by atoms with van der Waals surface area (Å²) in [5, 5.41) is 8.73. The van der Waals surface area contributed by atoms with E-state index in [1.807, 2.05) is 19.9 Å². The van der Waals surface area contributed by atoms with Crippen molar-refractivity contribution in [1.29, 1.82) is 0 Å². The molecule has 0 aliphatic rings. The van der Waals surface area contributed by atoms with Crippen LogP contribution in [0.3, 0.4) is 0 Å². The molecule has 0 saturated carbocycles. The molecule has 0 radical (unpaired) electrons. The molecule has 1 rings (SSSR count). The first kappa shape index (κ1) is 10.5. The SMILES string of the molecule is CC(C)N(CC(=O)O)c1cccnc1. The van der Waals surface area contributed by atoms with E-state index in [4.69, 9.17) is 5.11 Å². The normalized spacial score (nSPS) is 10.2. The van der Waals surface area contributed by atoms with Crippen LogP contribution < -0.4 is 4.90 Å². The standard InChI is InChI=1S/C10H14N2O2/c1-8(2)12(7-10(13)14)9-4-3-5-11-6-9/h3-6,8H,7H2,1-2H3,(H,13,14). The van der Waals surface area contributed by atoms with E-state index in [1.54, 1.807) is 23.4 Å². The van der Waals surface area contributed by atoms with Crippen LogP contribution in [0.4, 0.5) is 5.69 Å². The molecule has 0 saturated heterocycles. The third kappa shape index (κ3) is 2.73. The topological polar surface area (TPSA) is 53.4 Å². The molecule has 0 fully saturated rings. The maximum Gasteiger partial charge on any atom is 0.323 e. The average Bonchev–Trinajstić information content (AvgIpc) is 2.15. The Bertz CT molecular complexity index is 298. The van der Waals surface area contributed by atoms with Crippen LogP contribution in [0.15, 0.2) is 24.5 Å². The van der Waals surface area contributed by atoms with Crippen molar-refractivity contribution in [3.63, 3.8) is 0 Å². The summed E-state index contributed by atoms with van der Waals surface area (Å²) in [7, 11) is 0. The van der Waals surface area contributed by atoms with E-state index in [0.29, 0.717) is 0 Å². The van der Waals surface area contributed by atoms with Gasteiger partial charge in [-0.15, -0.1) is 0 Å². The number of pyridine rings is 1. The lowest BCUT2D eigenvalue weighted by Crippen LogP contribution is -2.35. The summed E-state index contributed by atoms with van der Waals surface area (Å²) >= 11 is 0. The fourth-order valence-electron chi connectivity index (χ4n) is 1.24. The first-order valence-electron chi connectivity index (χ1n) is 4.49. The molecule has 0 bridgehead atoms. The second kappa shape index (κ2) is 4.60. The molecule has 1 N–H and O–H groups in total. The van der Waals surface area contributed by atoms with Gasteiger partial charge in [-0.2, -0.15) is 0 Å². The highest BCUT2D eigenvalue weighted by Crippen LogP contribution is 2.14. The highest BCUT2D eigenvalue weighted by molar-refractivity contribution is 5.73. The van der Waals surface area contributed by atoms with Crippen LogP contribution in [-0.4, -0.2) is 28.6 Å². The largest absolute Gasteiger partial charge is 0.480 e. The number of carbonyl (C=O) groups is 1. The predicted molar refractivity (Wildman–Crippen MR) is 54.4 cm³/mol. The Labute approximate surface area is 83.2 Å². The maximum atomic E-state index is 10.6. The summed E-state index contributed by atoms with van der Waals surface area (Å²) in [6.07, 6.45) is 3.34. The molecule has 0 aliphatic carbocycles. The van der Waals surface area contributed by atoms with Gasteiger partial charge in [0.2, 0.25) is 0 Å². The lowest BCUT2D eigenvalue weighted by atomic mass is 10.2. The Morgan fingerprint density at radius 1 is 1.64 bits per heavy atom. The molecular formula is C10H14N2O2. The molecule has 0 unspecified atom stereocenters. The Morgan fingerprint density at radius 3 is 2.79 bits per heavy atom. The zero-order chi connectivity index (χ0) is 10.6. The van der Waals surface area contributed by atoms with Crippen LogP contribution in [0, 0.1) is 0 Å². The van der Waals surface area contributed by atoms with Gasteiger partial charge in [-0.3, -0.25) is 9.78 Å². The first-order valence-corrected chi connectivity index (χ1v) is 4.49. The lowest BCUT2D eigenvalue weighted by molar-refractivity contribution is -0.135. The van der Waals surface area contributed by atoms with Crippen molar-refractivity contribution in [2.75, 3.05) is 11.4 Å². The molecular weight excluding hydrogens is 180 g/mol. The fourth-order valence-corrected chi connectivity index (χ4v) is 1.24. The summed E-state index contributed by atoms with van der Waals surface area (Å²) in [5.41, 5.74) is 0.838. The van der Waals surface area contributed by atoms with E-state index in [0.717, 1.165) is 5.69 Å². The van der Waals surface area contributed by atoms with Gasteiger partial charge < -0.3 is 10.0 Å². The number of anilines is 1. The second-order valence-corrected chi connectivity index (χ2v) is 3.33. The Kier molecular flexibility index (Phi) is 3.45. The second-order valence-electron chi connectivity index (χ2n) is 3.33. The molecule has 0 aliphatic heterocycles. The van der Waals surface area contributed by atoms with Gasteiger partial charge in [0.05, 0.1) is 11.9 Å². The monoisotopic (exact) mass is 194 g/mol. The molecule has 76 valence electrons. The predicted octanol–water partition coefficient (Wildman–Crippen LogP) is 1.38. The number of nitrogens with zero attached hydrogens (tertiary/aromatic N) is 2. The number of aromatic nitrogens is 1. The maximum absolute atomic E-state index is 10.6. The van der Waals surface area contributed by atoms with Crippen molar-refractivity contribution in [3.8, 4) is 0 Å². The fraction of sp³-hybridized carbons (Fsp3) is 0.400. The molecule has 1 heterocycles. The third-order valence-corrected chi connectivity index (χ3v) is 1.91. The molecule has 1 aromatic rings. The Morgan fingerprint density at radius 2 is 2.36 bits per heavy atom. The molecule has 4 nitrogen and oxygen atoms in total. The Hall–Kier alpha value is -1.58. The van der Waals surface area contributed by atoms with Gasteiger partial charge in [-0.05, 0) is 26.0 Å². The quantitative estimate of drug-likeness (QED) is 0.786. The first-order chi connectivity index (χ1) is 6.61. The van der Waals surface area contributed by atoms with Crippen LogP contribution in [0.2, 0.25) is 0 Å². The van der Waals surface area contributed by atoms with Crippen molar-refractivity contribution in [2.45, 2.75) is 19.9 Å². The summed E-state index contributed by atoms with van der Waals surface area (Å²) in [4.78, 5) is 16.4. The van der Waals surface area contributed by atoms with E-state index < -0.39 is 5.97 Å². The minimum Gasteiger partial charge on any atom is -0.480 e. The molecule has 4 heteroatoms. The number of aliphatic carboxylic acids is 1. The van der Waals surface area contributed by atoms with Crippen LogP contribution in [0.25, 0.3) is 0 Å². The molecule has 0 amide bonds. The average molecular weight is 194 g/mol. The molecule has 14 heavy (non-hydrogen) atoms. The zero-order valence-electron chi connectivity index (χ0n) is 8.34. The van der Waals surface area contributed by atoms with Crippen molar-refractivity contribution < 1.29 is 9.90 Å². The molecule has 0 aromatic carbocycles. The lowest BCUT2D eigenvalue weighted by Gasteiger charge is -2.26.